The van der Waals surface area contributed by atoms with Gasteiger partial charge in [-0.3, -0.25) is 4.79 Å². The number of sulfone groups is 1. The van der Waals surface area contributed by atoms with Crippen LogP contribution in [0.25, 0.3) is 0 Å². The lowest BCUT2D eigenvalue weighted by atomic mass is 9.87. The zero-order valence-corrected chi connectivity index (χ0v) is 16.7. The molecular weight excluding hydrogens is 368 g/mol. The van der Waals surface area contributed by atoms with Crippen LogP contribution in [0.5, 0.6) is 0 Å². The predicted octanol–water partition coefficient (Wildman–Crippen LogP) is 2.88. The summed E-state index contributed by atoms with van der Waals surface area (Å²) in [6.45, 7) is 9.13. The molecule has 0 radical (unpaired) electrons. The second kappa shape index (κ2) is 7.37. The maximum atomic E-state index is 13.8. The Labute approximate surface area is 160 Å². The standard InChI is InChI=1S/C20H26O6S/c1-13(2)25-19-20(27(22,23)16-8-6-5-7-9-16)11-14(3)10-17(20)18(12-24-19)26-15(4)21/h5-9,13,17-19H,3,10-12H2,1-2,4H3/t17-,18+,19-,20+/m1/s1. The number of carbonyl (C=O) groups is 1. The minimum absolute atomic E-state index is 0.0982. The molecule has 6 nitrogen and oxygen atoms in total. The Morgan fingerprint density at radius 2 is 1.96 bits per heavy atom. The van der Waals surface area contributed by atoms with E-state index in [0.29, 0.717) is 6.42 Å². The van der Waals surface area contributed by atoms with E-state index in [9.17, 15) is 13.2 Å². The maximum Gasteiger partial charge on any atom is 0.302 e. The first-order chi connectivity index (χ1) is 12.7. The van der Waals surface area contributed by atoms with Gasteiger partial charge < -0.3 is 14.2 Å². The number of hydrogen-bond donors (Lipinski definition) is 0. The third-order valence-electron chi connectivity index (χ3n) is 5.19. The average Bonchev–Trinajstić information content (AvgIpc) is 2.97. The van der Waals surface area contributed by atoms with Crippen molar-refractivity contribution in [2.75, 3.05) is 6.61 Å². The molecule has 0 N–H and O–H groups in total. The topological polar surface area (TPSA) is 78.9 Å². The van der Waals surface area contributed by atoms with E-state index in [-0.39, 0.29) is 24.0 Å². The zero-order valence-electron chi connectivity index (χ0n) is 15.9. The summed E-state index contributed by atoms with van der Waals surface area (Å²) in [7, 11) is -3.86. The van der Waals surface area contributed by atoms with Crippen LogP contribution in [0.1, 0.15) is 33.6 Å². The molecule has 4 atom stereocenters. The SMILES string of the molecule is C=C1C[C@@H]2[C@@H](OC(C)=O)CO[C@H](OC(C)C)[C@]2(S(=O)(=O)c2ccccc2)C1. The number of ether oxygens (including phenoxy) is 3. The summed E-state index contributed by atoms with van der Waals surface area (Å²) in [4.78, 5) is 11.8. The van der Waals surface area contributed by atoms with Crippen molar-refractivity contribution in [3.05, 3.63) is 42.5 Å². The van der Waals surface area contributed by atoms with E-state index in [1.807, 2.05) is 13.8 Å². The highest BCUT2D eigenvalue weighted by Gasteiger charge is 2.65. The Morgan fingerprint density at radius 1 is 1.30 bits per heavy atom. The summed E-state index contributed by atoms with van der Waals surface area (Å²) in [5, 5.41) is 0. The molecule has 1 aromatic carbocycles. The summed E-state index contributed by atoms with van der Waals surface area (Å²) in [5.74, 6) is -0.938. The van der Waals surface area contributed by atoms with E-state index in [1.165, 1.54) is 6.92 Å². The second-order valence-corrected chi connectivity index (χ2v) is 9.75. The monoisotopic (exact) mass is 394 g/mol. The molecule has 2 fully saturated rings. The van der Waals surface area contributed by atoms with Crippen LogP contribution in [0.2, 0.25) is 0 Å². The van der Waals surface area contributed by atoms with Crippen molar-refractivity contribution in [3.63, 3.8) is 0 Å². The molecule has 27 heavy (non-hydrogen) atoms. The molecule has 1 aromatic rings. The molecule has 0 spiro atoms. The lowest BCUT2D eigenvalue weighted by Gasteiger charge is -2.47. The van der Waals surface area contributed by atoms with E-state index in [4.69, 9.17) is 14.2 Å². The Morgan fingerprint density at radius 3 is 2.56 bits per heavy atom. The van der Waals surface area contributed by atoms with Gasteiger partial charge >= 0.3 is 5.97 Å². The summed E-state index contributed by atoms with van der Waals surface area (Å²) >= 11 is 0. The van der Waals surface area contributed by atoms with E-state index < -0.39 is 38.9 Å². The lowest BCUT2D eigenvalue weighted by molar-refractivity contribution is -0.237. The van der Waals surface area contributed by atoms with Gasteiger partial charge in [0.1, 0.15) is 10.9 Å². The highest BCUT2D eigenvalue weighted by atomic mass is 32.2. The number of allylic oxidation sites excluding steroid dienone is 1. The molecule has 7 heteroatoms. The fourth-order valence-corrected chi connectivity index (χ4v) is 6.55. The smallest absolute Gasteiger partial charge is 0.302 e. The number of carbonyl (C=O) groups excluding carboxylic acids is 1. The summed E-state index contributed by atoms with van der Waals surface area (Å²) in [5.41, 5.74) is 0.791. The third kappa shape index (κ3) is 3.44. The lowest BCUT2D eigenvalue weighted by Crippen LogP contribution is -2.62. The van der Waals surface area contributed by atoms with Gasteiger partial charge in [-0.1, -0.05) is 30.4 Å². The fraction of sp³-hybridized carbons (Fsp3) is 0.550. The molecule has 0 aromatic heterocycles. The summed E-state index contributed by atoms with van der Waals surface area (Å²) < 4.78 is 43.5. The molecule has 1 saturated carbocycles. The van der Waals surface area contributed by atoms with Crippen LogP contribution >= 0.6 is 0 Å². The third-order valence-corrected chi connectivity index (χ3v) is 7.72. The first-order valence-corrected chi connectivity index (χ1v) is 10.6. The van der Waals surface area contributed by atoms with Crippen LogP contribution in [-0.4, -0.2) is 44.2 Å². The van der Waals surface area contributed by atoms with E-state index >= 15 is 0 Å². The van der Waals surface area contributed by atoms with Crippen molar-refractivity contribution in [3.8, 4) is 0 Å². The van der Waals surface area contributed by atoms with Crippen molar-refractivity contribution in [2.24, 2.45) is 5.92 Å². The maximum absolute atomic E-state index is 13.8. The largest absolute Gasteiger partial charge is 0.460 e. The average molecular weight is 394 g/mol. The van der Waals surface area contributed by atoms with E-state index in [0.717, 1.165) is 5.57 Å². The summed E-state index contributed by atoms with van der Waals surface area (Å²) in [6, 6.07) is 8.29. The zero-order chi connectivity index (χ0) is 19.8. The molecule has 0 amide bonds. The van der Waals surface area contributed by atoms with Gasteiger partial charge in [0.15, 0.2) is 16.1 Å². The van der Waals surface area contributed by atoms with Crippen LogP contribution < -0.4 is 0 Å². The molecular formula is C20H26O6S. The van der Waals surface area contributed by atoms with Crippen molar-refractivity contribution in [1.82, 2.24) is 0 Å². The van der Waals surface area contributed by atoms with Crippen LogP contribution in [0, 0.1) is 5.92 Å². The van der Waals surface area contributed by atoms with Gasteiger partial charge in [0.2, 0.25) is 0 Å². The second-order valence-electron chi connectivity index (χ2n) is 7.51. The van der Waals surface area contributed by atoms with Crippen molar-refractivity contribution < 1.29 is 27.4 Å². The van der Waals surface area contributed by atoms with Crippen LogP contribution in [-0.2, 0) is 28.8 Å². The van der Waals surface area contributed by atoms with Crippen LogP contribution in [0.4, 0.5) is 0 Å². The van der Waals surface area contributed by atoms with Gasteiger partial charge in [-0.15, -0.1) is 0 Å². The van der Waals surface area contributed by atoms with Gasteiger partial charge in [0, 0.05) is 12.8 Å². The fourth-order valence-electron chi connectivity index (χ4n) is 4.19. The first kappa shape index (κ1) is 20.0. The normalized spacial score (nSPS) is 31.0. The highest BCUT2D eigenvalue weighted by Crippen LogP contribution is 2.54. The quantitative estimate of drug-likeness (QED) is 0.564. The van der Waals surface area contributed by atoms with Crippen LogP contribution in [0.15, 0.2) is 47.4 Å². The number of fused-ring (bicyclic) bond motifs is 1. The Bertz CT molecular complexity index is 816. The van der Waals surface area contributed by atoms with Crippen molar-refractivity contribution in [1.29, 1.82) is 0 Å². The Kier molecular flexibility index (Phi) is 5.47. The minimum Gasteiger partial charge on any atom is -0.460 e. The van der Waals surface area contributed by atoms with E-state index in [1.54, 1.807) is 30.3 Å². The molecule has 1 aliphatic heterocycles. The van der Waals surface area contributed by atoms with E-state index in [2.05, 4.69) is 6.58 Å². The minimum atomic E-state index is -3.86. The molecule has 3 rings (SSSR count). The Hall–Kier alpha value is -1.70. The Balaban J connectivity index is 2.16. The van der Waals surface area contributed by atoms with Gasteiger partial charge in [0.05, 0.1) is 17.6 Å². The summed E-state index contributed by atoms with van der Waals surface area (Å²) in [6.07, 6.45) is -1.18. The van der Waals surface area contributed by atoms with Gasteiger partial charge in [-0.25, -0.2) is 8.42 Å². The number of esters is 1. The number of benzene rings is 1. The molecule has 0 unspecified atom stereocenters. The predicted molar refractivity (Wildman–Crippen MR) is 99.7 cm³/mol. The first-order valence-electron chi connectivity index (χ1n) is 9.09. The van der Waals surface area contributed by atoms with Gasteiger partial charge in [-0.05, 0) is 38.8 Å². The molecule has 148 valence electrons. The van der Waals surface area contributed by atoms with Gasteiger partial charge in [0.25, 0.3) is 0 Å². The molecule has 1 aliphatic carbocycles. The molecule has 1 heterocycles. The van der Waals surface area contributed by atoms with Crippen LogP contribution in [0.3, 0.4) is 0 Å². The number of rotatable bonds is 5. The molecule has 2 aliphatic rings. The number of hydrogen-bond acceptors (Lipinski definition) is 6. The van der Waals surface area contributed by atoms with Crippen molar-refractivity contribution in [2.45, 2.75) is 61.8 Å². The van der Waals surface area contributed by atoms with Gasteiger partial charge in [-0.2, -0.15) is 0 Å². The molecule has 1 saturated heterocycles. The highest BCUT2D eigenvalue weighted by molar-refractivity contribution is 7.93. The van der Waals surface area contributed by atoms with Crippen molar-refractivity contribution >= 4 is 15.8 Å². The molecule has 0 bridgehead atoms.